The Morgan fingerprint density at radius 3 is 2.69 bits per heavy atom. The summed E-state index contributed by atoms with van der Waals surface area (Å²) in [6, 6.07) is 9.48. The Bertz CT molecular complexity index is 332. The molecule has 0 spiro atoms. The quantitative estimate of drug-likeness (QED) is 0.522. The molecule has 3 heteroatoms. The molecule has 0 heterocycles. The lowest BCUT2D eigenvalue weighted by Crippen LogP contribution is -2.21. The highest BCUT2D eigenvalue weighted by molar-refractivity contribution is 5.92. The molecule has 0 bridgehead atoms. The first kappa shape index (κ1) is 12.5. The first-order chi connectivity index (χ1) is 7.74. The Labute approximate surface area is 95.7 Å². The third kappa shape index (κ3) is 4.28. The molecule has 0 saturated heterocycles. The molecule has 0 fully saturated rings. The van der Waals surface area contributed by atoms with Crippen molar-refractivity contribution < 1.29 is 14.3 Å². The van der Waals surface area contributed by atoms with E-state index in [1.54, 1.807) is 6.92 Å². The van der Waals surface area contributed by atoms with Crippen molar-refractivity contribution in [2.75, 3.05) is 13.2 Å². The van der Waals surface area contributed by atoms with Gasteiger partial charge in [-0.2, -0.15) is 0 Å². The Hall–Kier alpha value is -1.61. The van der Waals surface area contributed by atoms with E-state index in [2.05, 4.69) is 6.58 Å². The molecule has 1 unspecified atom stereocenters. The lowest BCUT2D eigenvalue weighted by molar-refractivity contribution is -0.124. The first-order valence-corrected chi connectivity index (χ1v) is 5.19. The highest BCUT2D eigenvalue weighted by Crippen LogP contribution is 2.07. The van der Waals surface area contributed by atoms with E-state index in [1.807, 2.05) is 30.3 Å². The van der Waals surface area contributed by atoms with Crippen molar-refractivity contribution in [2.24, 2.45) is 0 Å². The van der Waals surface area contributed by atoms with Crippen LogP contribution < -0.4 is 4.74 Å². The van der Waals surface area contributed by atoms with E-state index in [4.69, 9.17) is 9.47 Å². The van der Waals surface area contributed by atoms with E-state index in [0.29, 0.717) is 13.2 Å². The van der Waals surface area contributed by atoms with Gasteiger partial charge in [0.1, 0.15) is 18.5 Å². The van der Waals surface area contributed by atoms with Crippen molar-refractivity contribution >= 4 is 5.78 Å². The Morgan fingerprint density at radius 1 is 1.38 bits per heavy atom. The molecule has 0 radical (unpaired) electrons. The molecule has 0 amide bonds. The van der Waals surface area contributed by atoms with Crippen LogP contribution in [-0.4, -0.2) is 25.1 Å². The van der Waals surface area contributed by atoms with Gasteiger partial charge in [-0.15, -0.1) is 0 Å². The number of carbonyl (C=O) groups is 1. The van der Waals surface area contributed by atoms with Crippen LogP contribution in [0, 0.1) is 0 Å². The van der Waals surface area contributed by atoms with Crippen LogP contribution in [-0.2, 0) is 9.53 Å². The van der Waals surface area contributed by atoms with E-state index in [0.717, 1.165) is 5.75 Å². The maximum absolute atomic E-state index is 11.1. The summed E-state index contributed by atoms with van der Waals surface area (Å²) in [6.45, 7) is 5.91. The summed E-state index contributed by atoms with van der Waals surface area (Å²) < 4.78 is 10.7. The zero-order valence-electron chi connectivity index (χ0n) is 9.39. The molecule has 0 N–H and O–H groups in total. The largest absolute Gasteiger partial charge is 0.491 e. The van der Waals surface area contributed by atoms with Crippen LogP contribution in [0.25, 0.3) is 0 Å². The van der Waals surface area contributed by atoms with Gasteiger partial charge in [-0.1, -0.05) is 24.8 Å². The van der Waals surface area contributed by atoms with Crippen LogP contribution in [0.15, 0.2) is 43.0 Å². The molecule has 0 saturated carbocycles. The topological polar surface area (TPSA) is 35.5 Å². The van der Waals surface area contributed by atoms with Crippen LogP contribution in [0.2, 0.25) is 0 Å². The predicted octanol–water partition coefficient (Wildman–Crippen LogP) is 2.23. The van der Waals surface area contributed by atoms with Gasteiger partial charge in [0.25, 0.3) is 0 Å². The second-order valence-corrected chi connectivity index (χ2v) is 3.28. The SMILES string of the molecule is C=CC(=O)C(C)OCCOc1ccccc1. The van der Waals surface area contributed by atoms with Gasteiger partial charge in [0.15, 0.2) is 5.78 Å². The van der Waals surface area contributed by atoms with E-state index in [1.165, 1.54) is 6.08 Å². The predicted molar refractivity (Wildman–Crippen MR) is 62.6 cm³/mol. The molecule has 16 heavy (non-hydrogen) atoms. The minimum Gasteiger partial charge on any atom is -0.491 e. The lowest BCUT2D eigenvalue weighted by Gasteiger charge is -2.10. The second-order valence-electron chi connectivity index (χ2n) is 3.28. The van der Waals surface area contributed by atoms with E-state index >= 15 is 0 Å². The van der Waals surface area contributed by atoms with Crippen molar-refractivity contribution in [2.45, 2.75) is 13.0 Å². The number of hydrogen-bond donors (Lipinski definition) is 0. The monoisotopic (exact) mass is 220 g/mol. The number of carbonyl (C=O) groups excluding carboxylic acids is 1. The van der Waals surface area contributed by atoms with Crippen molar-refractivity contribution in [1.82, 2.24) is 0 Å². The Balaban J connectivity index is 2.17. The molecule has 1 aromatic rings. The molecular weight excluding hydrogens is 204 g/mol. The molecule has 0 aliphatic heterocycles. The maximum atomic E-state index is 11.1. The molecule has 0 aliphatic rings. The minimum atomic E-state index is -0.447. The number of ketones is 1. The fraction of sp³-hybridized carbons (Fsp3) is 0.308. The fourth-order valence-corrected chi connectivity index (χ4v) is 1.15. The van der Waals surface area contributed by atoms with Crippen LogP contribution >= 0.6 is 0 Å². The van der Waals surface area contributed by atoms with Gasteiger partial charge in [-0.25, -0.2) is 0 Å². The highest BCUT2D eigenvalue weighted by Gasteiger charge is 2.08. The molecule has 0 aromatic heterocycles. The number of rotatable bonds is 7. The summed E-state index contributed by atoms with van der Waals surface area (Å²) in [5.74, 6) is 0.688. The first-order valence-electron chi connectivity index (χ1n) is 5.19. The zero-order valence-corrected chi connectivity index (χ0v) is 9.39. The number of ether oxygens (including phenoxy) is 2. The van der Waals surface area contributed by atoms with Gasteiger partial charge in [0.2, 0.25) is 0 Å². The molecular formula is C13H16O3. The summed E-state index contributed by atoms with van der Waals surface area (Å²) in [5, 5.41) is 0. The van der Waals surface area contributed by atoms with Gasteiger partial charge >= 0.3 is 0 Å². The standard InChI is InChI=1S/C13H16O3/c1-3-13(14)11(2)15-9-10-16-12-7-5-4-6-8-12/h3-8,11H,1,9-10H2,2H3. The Kier molecular flexibility index (Phi) is 5.29. The molecule has 86 valence electrons. The highest BCUT2D eigenvalue weighted by atomic mass is 16.5. The van der Waals surface area contributed by atoms with Crippen molar-refractivity contribution in [3.05, 3.63) is 43.0 Å². The van der Waals surface area contributed by atoms with Gasteiger partial charge in [-0.05, 0) is 25.1 Å². The number of para-hydroxylation sites is 1. The number of hydrogen-bond acceptors (Lipinski definition) is 3. The van der Waals surface area contributed by atoms with Crippen molar-refractivity contribution in [3.8, 4) is 5.75 Å². The summed E-state index contributed by atoms with van der Waals surface area (Å²) >= 11 is 0. The van der Waals surface area contributed by atoms with Crippen molar-refractivity contribution in [1.29, 1.82) is 0 Å². The van der Waals surface area contributed by atoms with E-state index in [9.17, 15) is 4.79 Å². The average Bonchev–Trinajstić information content (AvgIpc) is 2.34. The maximum Gasteiger partial charge on any atom is 0.183 e. The van der Waals surface area contributed by atoms with Crippen LogP contribution in [0.3, 0.4) is 0 Å². The normalized spacial score (nSPS) is 11.8. The molecule has 1 aromatic carbocycles. The Morgan fingerprint density at radius 2 is 2.06 bits per heavy atom. The average molecular weight is 220 g/mol. The second kappa shape index (κ2) is 6.80. The van der Waals surface area contributed by atoms with Gasteiger partial charge in [0, 0.05) is 0 Å². The summed E-state index contributed by atoms with van der Waals surface area (Å²) in [4.78, 5) is 11.1. The van der Waals surface area contributed by atoms with Gasteiger partial charge < -0.3 is 9.47 Å². The summed E-state index contributed by atoms with van der Waals surface area (Å²) in [6.07, 6.45) is 0.819. The van der Waals surface area contributed by atoms with E-state index in [-0.39, 0.29) is 5.78 Å². The molecule has 0 aliphatic carbocycles. The fourth-order valence-electron chi connectivity index (χ4n) is 1.15. The molecule has 1 atom stereocenters. The smallest absolute Gasteiger partial charge is 0.183 e. The van der Waals surface area contributed by atoms with Crippen LogP contribution in [0.1, 0.15) is 6.92 Å². The minimum absolute atomic E-state index is 0.111. The van der Waals surface area contributed by atoms with Gasteiger partial charge in [0.05, 0.1) is 6.61 Å². The molecule has 3 nitrogen and oxygen atoms in total. The lowest BCUT2D eigenvalue weighted by atomic mass is 10.2. The molecule has 1 rings (SSSR count). The summed E-state index contributed by atoms with van der Waals surface area (Å²) in [7, 11) is 0. The van der Waals surface area contributed by atoms with Gasteiger partial charge in [-0.3, -0.25) is 4.79 Å². The van der Waals surface area contributed by atoms with E-state index < -0.39 is 6.10 Å². The van der Waals surface area contributed by atoms with Crippen LogP contribution in [0.5, 0.6) is 5.75 Å². The van der Waals surface area contributed by atoms with Crippen molar-refractivity contribution in [3.63, 3.8) is 0 Å². The third-order valence-electron chi connectivity index (χ3n) is 2.06. The third-order valence-corrected chi connectivity index (χ3v) is 2.06. The zero-order chi connectivity index (χ0) is 11.8. The summed E-state index contributed by atoms with van der Waals surface area (Å²) in [5.41, 5.74) is 0. The number of benzene rings is 1. The van der Waals surface area contributed by atoms with Crippen LogP contribution in [0.4, 0.5) is 0 Å².